The van der Waals surface area contributed by atoms with Crippen LogP contribution in [0.2, 0.25) is 0 Å². The molecule has 0 spiro atoms. The molecule has 3 aromatic carbocycles. The molecule has 1 fully saturated rings. The molecule has 0 bridgehead atoms. The zero-order valence-corrected chi connectivity index (χ0v) is 20.7. The topological polar surface area (TPSA) is 83.9 Å². The number of ether oxygens (including phenoxy) is 1. The molecule has 0 aliphatic carbocycles. The fraction of sp³-hybridized carbons (Fsp3) is 0.233. The minimum atomic E-state index is -0.863. The molecule has 3 aromatic rings. The Labute approximate surface area is 210 Å². The van der Waals surface area contributed by atoms with Gasteiger partial charge in [0.1, 0.15) is 5.76 Å². The average Bonchev–Trinajstić information content (AvgIpc) is 3.17. The predicted molar refractivity (Wildman–Crippen MR) is 139 cm³/mol. The van der Waals surface area contributed by atoms with Gasteiger partial charge in [-0.1, -0.05) is 74.0 Å². The van der Waals surface area contributed by atoms with Crippen molar-refractivity contribution in [3.05, 3.63) is 106 Å². The summed E-state index contributed by atoms with van der Waals surface area (Å²) in [5.74, 6) is -2.29. The van der Waals surface area contributed by atoms with Crippen LogP contribution in [0.4, 0.5) is 5.69 Å². The number of hydrogen-bond donors (Lipinski definition) is 1. The lowest BCUT2D eigenvalue weighted by molar-refractivity contribution is -0.132. The maximum Gasteiger partial charge on any atom is 0.338 e. The first-order valence-corrected chi connectivity index (χ1v) is 12.1. The summed E-state index contributed by atoms with van der Waals surface area (Å²) in [6.45, 7) is 6.14. The Balaban J connectivity index is 1.87. The van der Waals surface area contributed by atoms with Crippen molar-refractivity contribution in [3.8, 4) is 0 Å². The second-order valence-corrected chi connectivity index (χ2v) is 8.82. The Bertz CT molecular complexity index is 1340. The fourth-order valence-corrected chi connectivity index (χ4v) is 4.37. The summed E-state index contributed by atoms with van der Waals surface area (Å²) in [4.78, 5) is 40.6. The summed E-state index contributed by atoms with van der Waals surface area (Å²) in [6.07, 6.45) is 1.53. The number of aliphatic hydroxyl groups excluding tert-OH is 1. The van der Waals surface area contributed by atoms with E-state index >= 15 is 0 Å². The summed E-state index contributed by atoms with van der Waals surface area (Å²) in [7, 11) is 0. The van der Waals surface area contributed by atoms with Gasteiger partial charge in [0.15, 0.2) is 0 Å². The number of carbonyl (C=O) groups is 3. The number of nitrogens with zero attached hydrogens (tertiary/aromatic N) is 1. The van der Waals surface area contributed by atoms with E-state index in [1.54, 1.807) is 36.4 Å². The maximum atomic E-state index is 13.4. The van der Waals surface area contributed by atoms with Crippen LogP contribution in [-0.2, 0) is 20.7 Å². The number of aliphatic hydroxyl groups is 1. The Morgan fingerprint density at radius 1 is 0.944 bits per heavy atom. The molecule has 0 radical (unpaired) electrons. The lowest BCUT2D eigenvalue weighted by Gasteiger charge is -2.26. The molecule has 6 heteroatoms. The third-order valence-electron chi connectivity index (χ3n) is 6.24. The number of benzene rings is 3. The van der Waals surface area contributed by atoms with E-state index in [0.29, 0.717) is 23.2 Å². The lowest BCUT2D eigenvalue weighted by atomic mass is 9.94. The molecular formula is C30H29NO5. The molecule has 0 aromatic heterocycles. The van der Waals surface area contributed by atoms with E-state index < -0.39 is 23.7 Å². The van der Waals surface area contributed by atoms with Crippen molar-refractivity contribution in [2.24, 2.45) is 0 Å². The number of esters is 1. The van der Waals surface area contributed by atoms with Crippen LogP contribution in [0.25, 0.3) is 5.76 Å². The monoisotopic (exact) mass is 483 g/mol. The van der Waals surface area contributed by atoms with Gasteiger partial charge in [0.25, 0.3) is 11.7 Å². The highest BCUT2D eigenvalue weighted by molar-refractivity contribution is 6.51. The van der Waals surface area contributed by atoms with Crippen LogP contribution in [0.3, 0.4) is 0 Å². The van der Waals surface area contributed by atoms with Crippen molar-refractivity contribution in [3.63, 3.8) is 0 Å². The van der Waals surface area contributed by atoms with Gasteiger partial charge in [-0.25, -0.2) is 4.79 Å². The number of carbonyl (C=O) groups excluding carboxylic acids is 3. The second-order valence-electron chi connectivity index (χ2n) is 8.82. The SMILES string of the molecule is CCCOC(=O)c1cccc(N2C(=O)C(=O)/C(=C(/O)c3ccc(CC)cc3)C2c2cccc(C)c2)c1. The molecule has 1 atom stereocenters. The van der Waals surface area contributed by atoms with Gasteiger partial charge >= 0.3 is 5.97 Å². The maximum absolute atomic E-state index is 13.4. The van der Waals surface area contributed by atoms with Crippen molar-refractivity contribution in [2.45, 2.75) is 39.7 Å². The Morgan fingerprint density at radius 2 is 1.67 bits per heavy atom. The molecule has 6 nitrogen and oxygen atoms in total. The van der Waals surface area contributed by atoms with Crippen LogP contribution < -0.4 is 4.90 Å². The normalized spacial score (nSPS) is 16.9. The fourth-order valence-electron chi connectivity index (χ4n) is 4.37. The van der Waals surface area contributed by atoms with Crippen molar-refractivity contribution >= 4 is 29.1 Å². The van der Waals surface area contributed by atoms with Crippen LogP contribution in [0.1, 0.15) is 58.9 Å². The van der Waals surface area contributed by atoms with Crippen molar-refractivity contribution in [1.82, 2.24) is 0 Å². The summed E-state index contributed by atoms with van der Waals surface area (Å²) < 4.78 is 5.25. The molecule has 1 unspecified atom stereocenters. The molecule has 1 aliphatic rings. The summed E-state index contributed by atoms with van der Waals surface area (Å²) in [6, 6.07) is 20.3. The van der Waals surface area contributed by atoms with Crippen molar-refractivity contribution in [2.75, 3.05) is 11.5 Å². The molecule has 1 aliphatic heterocycles. The van der Waals surface area contributed by atoms with Crippen LogP contribution in [0.5, 0.6) is 0 Å². The molecule has 1 N–H and O–H groups in total. The third-order valence-corrected chi connectivity index (χ3v) is 6.24. The van der Waals surface area contributed by atoms with Crippen LogP contribution in [-0.4, -0.2) is 29.4 Å². The van der Waals surface area contributed by atoms with Gasteiger partial charge in [0.05, 0.1) is 23.8 Å². The van der Waals surface area contributed by atoms with Gasteiger partial charge in [0, 0.05) is 11.3 Å². The Kier molecular flexibility index (Phi) is 7.34. The first kappa shape index (κ1) is 24.9. The molecule has 1 saturated heterocycles. The predicted octanol–water partition coefficient (Wildman–Crippen LogP) is 5.75. The van der Waals surface area contributed by atoms with Gasteiger partial charge in [-0.2, -0.15) is 0 Å². The number of ketones is 1. The van der Waals surface area contributed by atoms with Gasteiger partial charge < -0.3 is 9.84 Å². The van der Waals surface area contributed by atoms with Crippen LogP contribution in [0, 0.1) is 6.92 Å². The van der Waals surface area contributed by atoms with E-state index in [1.165, 1.54) is 4.90 Å². The minimum Gasteiger partial charge on any atom is -0.507 e. The molecule has 0 saturated carbocycles. The van der Waals surface area contributed by atoms with E-state index in [-0.39, 0.29) is 23.5 Å². The van der Waals surface area contributed by atoms with Gasteiger partial charge in [-0.05, 0) is 49.1 Å². The van der Waals surface area contributed by atoms with E-state index in [0.717, 1.165) is 17.5 Å². The van der Waals surface area contributed by atoms with Crippen LogP contribution >= 0.6 is 0 Å². The second kappa shape index (κ2) is 10.6. The number of Topliss-reactive ketones (excluding diaryl/α,β-unsaturated/α-hetero) is 1. The highest BCUT2D eigenvalue weighted by Gasteiger charge is 2.47. The average molecular weight is 484 g/mol. The third kappa shape index (κ3) is 4.80. The molecular weight excluding hydrogens is 454 g/mol. The number of hydrogen-bond acceptors (Lipinski definition) is 5. The van der Waals surface area contributed by atoms with Gasteiger partial charge in [-0.15, -0.1) is 0 Å². The highest BCUT2D eigenvalue weighted by Crippen LogP contribution is 2.42. The first-order chi connectivity index (χ1) is 17.3. The van der Waals surface area contributed by atoms with Gasteiger partial charge in [-0.3, -0.25) is 14.5 Å². The molecule has 36 heavy (non-hydrogen) atoms. The van der Waals surface area contributed by atoms with Gasteiger partial charge in [0.2, 0.25) is 0 Å². The van der Waals surface area contributed by atoms with Crippen molar-refractivity contribution in [1.29, 1.82) is 0 Å². The zero-order valence-electron chi connectivity index (χ0n) is 20.7. The first-order valence-electron chi connectivity index (χ1n) is 12.1. The smallest absolute Gasteiger partial charge is 0.338 e. The van der Waals surface area contributed by atoms with Crippen LogP contribution in [0.15, 0.2) is 78.4 Å². The number of rotatable bonds is 7. The minimum absolute atomic E-state index is 0.00816. The quantitative estimate of drug-likeness (QED) is 0.200. The summed E-state index contributed by atoms with van der Waals surface area (Å²) in [5, 5.41) is 11.3. The molecule has 184 valence electrons. The number of aryl methyl sites for hydroxylation is 2. The van der Waals surface area contributed by atoms with E-state index in [2.05, 4.69) is 0 Å². The molecule has 1 amide bonds. The largest absolute Gasteiger partial charge is 0.507 e. The highest BCUT2D eigenvalue weighted by atomic mass is 16.5. The van der Waals surface area contributed by atoms with E-state index in [1.807, 2.05) is 57.2 Å². The Morgan fingerprint density at radius 3 is 2.33 bits per heavy atom. The zero-order chi connectivity index (χ0) is 25.8. The van der Waals surface area contributed by atoms with E-state index in [4.69, 9.17) is 4.74 Å². The summed E-state index contributed by atoms with van der Waals surface area (Å²) >= 11 is 0. The van der Waals surface area contributed by atoms with Crippen molar-refractivity contribution < 1.29 is 24.2 Å². The Hall–Kier alpha value is -4.19. The standard InChI is InChI=1S/C30H29NO5/c1-4-16-36-30(35)23-10-7-11-24(18-23)31-26(22-9-6-8-19(3)17-22)25(28(33)29(31)34)27(32)21-14-12-20(5-2)13-15-21/h6-15,17-18,26,32H,4-5,16H2,1-3H3/b27-25+. The summed E-state index contributed by atoms with van der Waals surface area (Å²) in [5.41, 5.74) is 3.83. The lowest BCUT2D eigenvalue weighted by Crippen LogP contribution is -2.29. The van der Waals surface area contributed by atoms with E-state index in [9.17, 15) is 19.5 Å². The number of amides is 1. The molecule has 4 rings (SSSR count). The molecule has 1 heterocycles. The number of anilines is 1.